The number of rotatable bonds is 8. The van der Waals surface area contributed by atoms with Crippen LogP contribution in [0.25, 0.3) is 11.6 Å². The Balaban J connectivity index is 1.56. The monoisotopic (exact) mass is 429 g/mol. The third-order valence-electron chi connectivity index (χ3n) is 5.88. The first-order valence-corrected chi connectivity index (χ1v) is 11.6. The molecule has 0 amide bonds. The summed E-state index contributed by atoms with van der Waals surface area (Å²) >= 11 is 0. The van der Waals surface area contributed by atoms with E-state index in [4.69, 9.17) is 0 Å². The van der Waals surface area contributed by atoms with E-state index >= 15 is 0 Å². The first kappa shape index (κ1) is 22.4. The van der Waals surface area contributed by atoms with Crippen LogP contribution in [0.2, 0.25) is 0 Å². The zero-order valence-corrected chi connectivity index (χ0v) is 19.5. The number of allylic oxidation sites excluding steroid dienone is 2. The van der Waals surface area contributed by atoms with Gasteiger partial charge in [-0.25, -0.2) is 0 Å². The molecule has 0 heterocycles. The van der Waals surface area contributed by atoms with Gasteiger partial charge in [0.05, 0.1) is 0 Å². The van der Waals surface area contributed by atoms with Gasteiger partial charge >= 0.3 is 0 Å². The molecule has 164 valence electrons. The summed E-state index contributed by atoms with van der Waals surface area (Å²) in [5, 5.41) is 0. The Kier molecular flexibility index (Phi) is 7.56. The van der Waals surface area contributed by atoms with Gasteiger partial charge in [0.25, 0.3) is 0 Å². The molecule has 0 atom stereocenters. The van der Waals surface area contributed by atoms with Crippen molar-refractivity contribution in [1.82, 2.24) is 0 Å². The molecule has 0 unspecified atom stereocenters. The molecule has 4 aromatic rings. The molecule has 0 aliphatic carbocycles. The van der Waals surface area contributed by atoms with Gasteiger partial charge in [-0.15, -0.1) is 0 Å². The van der Waals surface area contributed by atoms with Crippen LogP contribution in [-0.2, 0) is 6.54 Å². The summed E-state index contributed by atoms with van der Waals surface area (Å²) in [4.78, 5) is 2.43. The van der Waals surface area contributed by atoms with Crippen molar-refractivity contribution in [3.63, 3.8) is 0 Å². The second-order valence-electron chi connectivity index (χ2n) is 8.22. The second-order valence-corrected chi connectivity index (χ2v) is 8.22. The fraction of sp³-hybridized carbons (Fsp3) is 0.125. The zero-order valence-electron chi connectivity index (χ0n) is 19.5. The van der Waals surface area contributed by atoms with E-state index in [2.05, 4.69) is 146 Å². The topological polar surface area (TPSA) is 3.24 Å². The number of hydrogen-bond acceptors (Lipinski definition) is 1. The molecule has 1 nitrogen and oxygen atoms in total. The summed E-state index contributed by atoms with van der Waals surface area (Å²) < 4.78 is 0. The molecule has 0 fully saturated rings. The van der Waals surface area contributed by atoms with Crippen LogP contribution in [0.3, 0.4) is 0 Å². The third-order valence-corrected chi connectivity index (χ3v) is 5.88. The van der Waals surface area contributed by atoms with Crippen LogP contribution in [0.5, 0.6) is 0 Å². The number of nitrogens with zero attached hydrogens (tertiary/aromatic N) is 1. The standard InChI is InChI=1S/C32H31N/c1-3-33(25-28-14-7-4-8-15-28)32-23-22-27(24-26(32)2)16-13-21-31(29-17-9-5-10-18-29)30-19-11-6-12-20-30/h4-24H,3,25H2,1-2H3/b16-13+. The van der Waals surface area contributed by atoms with Gasteiger partial charge < -0.3 is 4.90 Å². The highest BCUT2D eigenvalue weighted by atomic mass is 15.1. The molecule has 4 rings (SSSR count). The number of hydrogen-bond donors (Lipinski definition) is 0. The molecule has 0 aliphatic rings. The lowest BCUT2D eigenvalue weighted by Crippen LogP contribution is -2.22. The van der Waals surface area contributed by atoms with E-state index in [0.717, 1.165) is 13.1 Å². The summed E-state index contributed by atoms with van der Waals surface area (Å²) in [6.07, 6.45) is 6.56. The van der Waals surface area contributed by atoms with Gasteiger partial charge in [0.2, 0.25) is 0 Å². The van der Waals surface area contributed by atoms with Crippen molar-refractivity contribution in [3.8, 4) is 0 Å². The largest absolute Gasteiger partial charge is 0.367 e. The van der Waals surface area contributed by atoms with Gasteiger partial charge in [-0.3, -0.25) is 0 Å². The minimum atomic E-state index is 0.924. The molecule has 0 aromatic heterocycles. The first-order chi connectivity index (χ1) is 16.2. The van der Waals surface area contributed by atoms with E-state index in [1.54, 1.807) is 0 Å². The summed E-state index contributed by atoms with van der Waals surface area (Å²) in [5.41, 5.74) is 8.80. The Bertz CT molecular complexity index is 1160. The van der Waals surface area contributed by atoms with Crippen LogP contribution in [0.4, 0.5) is 5.69 Å². The number of aryl methyl sites for hydroxylation is 1. The van der Waals surface area contributed by atoms with E-state index in [0.29, 0.717) is 0 Å². The van der Waals surface area contributed by atoms with E-state index in [1.807, 2.05) is 0 Å². The highest BCUT2D eigenvalue weighted by Gasteiger charge is 2.08. The van der Waals surface area contributed by atoms with E-state index in [9.17, 15) is 0 Å². The molecular formula is C32H31N. The van der Waals surface area contributed by atoms with E-state index in [1.165, 1.54) is 39.1 Å². The highest BCUT2D eigenvalue weighted by molar-refractivity contribution is 5.81. The molecule has 0 radical (unpaired) electrons. The lowest BCUT2D eigenvalue weighted by atomic mass is 9.97. The smallest absolute Gasteiger partial charge is 0.0429 e. The Labute approximate surface area is 198 Å². The maximum atomic E-state index is 2.43. The molecule has 0 saturated heterocycles. The lowest BCUT2D eigenvalue weighted by molar-refractivity contribution is 0.828. The number of anilines is 1. The predicted molar refractivity (Wildman–Crippen MR) is 143 cm³/mol. The minimum Gasteiger partial charge on any atom is -0.367 e. The van der Waals surface area contributed by atoms with Crippen LogP contribution in [0.1, 0.15) is 34.7 Å². The van der Waals surface area contributed by atoms with Gasteiger partial charge in [-0.05, 0) is 59.4 Å². The van der Waals surface area contributed by atoms with Gasteiger partial charge in [0, 0.05) is 18.8 Å². The van der Waals surface area contributed by atoms with Crippen molar-refractivity contribution in [2.45, 2.75) is 20.4 Å². The van der Waals surface area contributed by atoms with Gasteiger partial charge in [-0.2, -0.15) is 0 Å². The molecule has 0 aliphatic heterocycles. The minimum absolute atomic E-state index is 0.924. The predicted octanol–water partition coefficient (Wildman–Crippen LogP) is 8.17. The van der Waals surface area contributed by atoms with Crippen LogP contribution in [0.15, 0.2) is 121 Å². The summed E-state index contributed by atoms with van der Waals surface area (Å²) in [7, 11) is 0. The molecule has 33 heavy (non-hydrogen) atoms. The Morgan fingerprint density at radius 3 is 1.85 bits per heavy atom. The molecule has 0 N–H and O–H groups in total. The van der Waals surface area contributed by atoms with Crippen molar-refractivity contribution >= 4 is 17.3 Å². The van der Waals surface area contributed by atoms with Crippen molar-refractivity contribution in [1.29, 1.82) is 0 Å². The average molecular weight is 430 g/mol. The fourth-order valence-corrected chi connectivity index (χ4v) is 4.16. The lowest BCUT2D eigenvalue weighted by Gasteiger charge is -2.25. The van der Waals surface area contributed by atoms with Crippen molar-refractivity contribution in [2.75, 3.05) is 11.4 Å². The van der Waals surface area contributed by atoms with Gasteiger partial charge in [0.15, 0.2) is 0 Å². The van der Waals surface area contributed by atoms with Crippen molar-refractivity contribution in [2.24, 2.45) is 0 Å². The maximum absolute atomic E-state index is 2.43. The summed E-state index contributed by atoms with van der Waals surface area (Å²) in [6, 6.07) is 38.5. The van der Waals surface area contributed by atoms with Crippen LogP contribution < -0.4 is 4.90 Å². The molecule has 1 heteroatoms. The molecule has 0 bridgehead atoms. The Morgan fingerprint density at radius 1 is 0.727 bits per heavy atom. The van der Waals surface area contributed by atoms with Crippen molar-refractivity contribution < 1.29 is 0 Å². The zero-order chi connectivity index (χ0) is 22.9. The van der Waals surface area contributed by atoms with E-state index in [-0.39, 0.29) is 0 Å². The van der Waals surface area contributed by atoms with Gasteiger partial charge in [0.1, 0.15) is 0 Å². The van der Waals surface area contributed by atoms with Gasteiger partial charge in [-0.1, -0.05) is 115 Å². The molecule has 0 saturated carbocycles. The van der Waals surface area contributed by atoms with Crippen LogP contribution in [0, 0.1) is 6.92 Å². The van der Waals surface area contributed by atoms with Crippen LogP contribution >= 0.6 is 0 Å². The van der Waals surface area contributed by atoms with E-state index < -0.39 is 0 Å². The SMILES string of the molecule is CCN(Cc1ccccc1)c1ccc(/C=C/C=C(c2ccccc2)c2ccccc2)cc1C. The van der Waals surface area contributed by atoms with Crippen molar-refractivity contribution in [3.05, 3.63) is 149 Å². The number of benzene rings is 4. The molecule has 0 spiro atoms. The summed E-state index contributed by atoms with van der Waals surface area (Å²) in [6.45, 7) is 6.32. The molecular weight excluding hydrogens is 398 g/mol. The highest BCUT2D eigenvalue weighted by Crippen LogP contribution is 2.25. The summed E-state index contributed by atoms with van der Waals surface area (Å²) in [5.74, 6) is 0. The van der Waals surface area contributed by atoms with Crippen LogP contribution in [-0.4, -0.2) is 6.54 Å². The first-order valence-electron chi connectivity index (χ1n) is 11.6. The third kappa shape index (κ3) is 5.90. The normalized spacial score (nSPS) is 10.8. The Hall–Kier alpha value is -3.84. The molecule has 4 aromatic carbocycles. The Morgan fingerprint density at radius 2 is 1.30 bits per heavy atom. The quantitative estimate of drug-likeness (QED) is 0.255. The fourth-order valence-electron chi connectivity index (χ4n) is 4.16. The average Bonchev–Trinajstić information content (AvgIpc) is 2.87. The maximum Gasteiger partial charge on any atom is 0.0429 e. The second kappa shape index (κ2) is 11.2.